The molecule has 0 unspecified atom stereocenters. The van der Waals surface area contributed by atoms with Crippen LogP contribution in [0.2, 0.25) is 0 Å². The molecule has 7 heteroatoms. The maximum atomic E-state index is 12.6. The van der Waals surface area contributed by atoms with Gasteiger partial charge in [-0.15, -0.1) is 0 Å². The van der Waals surface area contributed by atoms with Gasteiger partial charge in [0.15, 0.2) is 0 Å². The number of nitrogens with one attached hydrogen (secondary N) is 1. The minimum absolute atomic E-state index is 0.170. The second-order valence-electron chi connectivity index (χ2n) is 7.30. The van der Waals surface area contributed by atoms with Crippen molar-refractivity contribution in [3.63, 3.8) is 0 Å². The molecule has 7 nitrogen and oxygen atoms in total. The van der Waals surface area contributed by atoms with Crippen LogP contribution in [0.15, 0.2) is 54.6 Å². The quantitative estimate of drug-likeness (QED) is 0.667. The number of nitrogens with zero attached hydrogens (tertiary/aromatic N) is 2. The van der Waals surface area contributed by atoms with Gasteiger partial charge < -0.3 is 19.7 Å². The zero-order valence-electron chi connectivity index (χ0n) is 17.5. The number of carbonyl (C=O) groups excluding carboxylic acids is 2. The standard InChI is InChI=1S/C23H29N3O4/c1-29-20-10-6-9-19(16-20)26-13-11-25(12-14-26)17-22(27)24-21(23(28)30-2)15-18-7-4-3-5-8-18/h3-10,16,21H,11-15,17H2,1-2H3,(H,24,27)/t21-/m0/s1. The van der Waals surface area contributed by atoms with Crippen molar-refractivity contribution in [2.75, 3.05) is 51.8 Å². The SMILES string of the molecule is COC(=O)[C@H](Cc1ccccc1)NC(=O)CN1CCN(c2cccc(OC)c2)CC1. The summed E-state index contributed by atoms with van der Waals surface area (Å²) in [5, 5.41) is 2.84. The zero-order valence-corrected chi connectivity index (χ0v) is 17.5. The van der Waals surface area contributed by atoms with E-state index >= 15 is 0 Å². The Kier molecular flexibility index (Phi) is 7.68. The molecule has 30 heavy (non-hydrogen) atoms. The fraction of sp³-hybridized carbons (Fsp3) is 0.391. The van der Waals surface area contributed by atoms with Crippen LogP contribution >= 0.6 is 0 Å². The highest BCUT2D eigenvalue weighted by Crippen LogP contribution is 2.22. The zero-order chi connectivity index (χ0) is 21.3. The summed E-state index contributed by atoms with van der Waals surface area (Å²) in [6.07, 6.45) is 0.406. The third kappa shape index (κ3) is 5.97. The average molecular weight is 412 g/mol. The number of piperazine rings is 1. The van der Waals surface area contributed by atoms with Crippen molar-refractivity contribution in [1.82, 2.24) is 10.2 Å². The van der Waals surface area contributed by atoms with Crippen molar-refractivity contribution in [3.05, 3.63) is 60.2 Å². The molecule has 2 aromatic carbocycles. The first kappa shape index (κ1) is 21.6. The summed E-state index contributed by atoms with van der Waals surface area (Å²) < 4.78 is 10.2. The first-order valence-electron chi connectivity index (χ1n) is 10.1. The van der Waals surface area contributed by atoms with Crippen LogP contribution in [-0.4, -0.2) is 69.8 Å². The van der Waals surface area contributed by atoms with Crippen LogP contribution in [0.3, 0.4) is 0 Å². The predicted octanol–water partition coefficient (Wildman–Crippen LogP) is 1.72. The molecule has 2 aromatic rings. The molecule has 0 spiro atoms. The summed E-state index contributed by atoms with van der Waals surface area (Å²) in [5.74, 6) is 0.229. The van der Waals surface area contributed by atoms with E-state index in [-0.39, 0.29) is 12.5 Å². The number of anilines is 1. The highest BCUT2D eigenvalue weighted by atomic mass is 16.5. The van der Waals surface area contributed by atoms with E-state index in [1.807, 2.05) is 48.5 Å². The molecule has 0 aromatic heterocycles. The topological polar surface area (TPSA) is 71.1 Å². The Morgan fingerprint density at radius 2 is 1.73 bits per heavy atom. The first-order valence-corrected chi connectivity index (χ1v) is 10.1. The minimum atomic E-state index is -0.692. The number of methoxy groups -OCH3 is 2. The predicted molar refractivity (Wildman–Crippen MR) is 116 cm³/mol. The van der Waals surface area contributed by atoms with E-state index in [0.29, 0.717) is 6.42 Å². The Balaban J connectivity index is 1.51. The van der Waals surface area contributed by atoms with Gasteiger partial charge in [-0.25, -0.2) is 4.79 Å². The minimum Gasteiger partial charge on any atom is -0.497 e. The smallest absolute Gasteiger partial charge is 0.328 e. The Morgan fingerprint density at radius 3 is 2.40 bits per heavy atom. The van der Waals surface area contributed by atoms with Crippen LogP contribution in [0.25, 0.3) is 0 Å². The normalized spacial score (nSPS) is 15.3. The van der Waals surface area contributed by atoms with Gasteiger partial charge >= 0.3 is 5.97 Å². The van der Waals surface area contributed by atoms with E-state index in [2.05, 4.69) is 21.2 Å². The summed E-state index contributed by atoms with van der Waals surface area (Å²) in [6.45, 7) is 3.45. The van der Waals surface area contributed by atoms with Crippen LogP contribution in [0.4, 0.5) is 5.69 Å². The number of ether oxygens (including phenoxy) is 2. The van der Waals surface area contributed by atoms with Crippen molar-refractivity contribution < 1.29 is 19.1 Å². The van der Waals surface area contributed by atoms with Gasteiger partial charge in [0.2, 0.25) is 5.91 Å². The highest BCUT2D eigenvalue weighted by Gasteiger charge is 2.24. The lowest BCUT2D eigenvalue weighted by Crippen LogP contribution is -2.52. The number of carbonyl (C=O) groups is 2. The summed E-state index contributed by atoms with van der Waals surface area (Å²) in [6, 6.07) is 16.9. The van der Waals surface area contributed by atoms with Crippen molar-refractivity contribution in [1.29, 1.82) is 0 Å². The number of hydrogen-bond donors (Lipinski definition) is 1. The van der Waals surface area contributed by atoms with E-state index in [1.165, 1.54) is 7.11 Å². The fourth-order valence-corrected chi connectivity index (χ4v) is 3.60. The molecule has 0 aliphatic carbocycles. The average Bonchev–Trinajstić information content (AvgIpc) is 2.79. The van der Waals surface area contributed by atoms with Gasteiger partial charge in [0.05, 0.1) is 20.8 Å². The number of rotatable bonds is 8. The number of amides is 1. The molecule has 1 N–H and O–H groups in total. The molecule has 0 bridgehead atoms. The molecule has 1 atom stereocenters. The fourth-order valence-electron chi connectivity index (χ4n) is 3.60. The van der Waals surface area contributed by atoms with Crippen LogP contribution in [-0.2, 0) is 20.7 Å². The Morgan fingerprint density at radius 1 is 1.00 bits per heavy atom. The molecule has 1 saturated heterocycles. The molecule has 1 amide bonds. The Bertz CT molecular complexity index is 835. The number of hydrogen-bond acceptors (Lipinski definition) is 6. The summed E-state index contributed by atoms with van der Waals surface area (Å²) >= 11 is 0. The Hall–Kier alpha value is -3.06. The lowest BCUT2D eigenvalue weighted by atomic mass is 10.1. The van der Waals surface area contributed by atoms with Crippen LogP contribution in [0.1, 0.15) is 5.56 Å². The van der Waals surface area contributed by atoms with E-state index < -0.39 is 12.0 Å². The lowest BCUT2D eigenvalue weighted by molar-refractivity contribution is -0.145. The largest absolute Gasteiger partial charge is 0.497 e. The molecule has 1 fully saturated rings. The highest BCUT2D eigenvalue weighted by molar-refractivity contribution is 5.85. The monoisotopic (exact) mass is 411 g/mol. The number of esters is 1. The van der Waals surface area contributed by atoms with Crippen molar-refractivity contribution in [2.24, 2.45) is 0 Å². The summed E-state index contributed by atoms with van der Waals surface area (Å²) in [5.41, 5.74) is 2.09. The van der Waals surface area contributed by atoms with Gasteiger partial charge in [-0.05, 0) is 17.7 Å². The molecule has 1 aliphatic rings. The van der Waals surface area contributed by atoms with E-state index in [1.54, 1.807) is 7.11 Å². The maximum absolute atomic E-state index is 12.6. The van der Waals surface area contributed by atoms with Gasteiger partial charge in [-0.2, -0.15) is 0 Å². The molecule has 1 aliphatic heterocycles. The van der Waals surface area contributed by atoms with Gasteiger partial charge in [-0.1, -0.05) is 36.4 Å². The summed E-state index contributed by atoms with van der Waals surface area (Å²) in [7, 11) is 3.00. The van der Waals surface area contributed by atoms with Crippen LogP contribution < -0.4 is 15.0 Å². The molecule has 1 heterocycles. The maximum Gasteiger partial charge on any atom is 0.328 e. The van der Waals surface area contributed by atoms with Crippen LogP contribution in [0.5, 0.6) is 5.75 Å². The molecule has 0 saturated carbocycles. The van der Waals surface area contributed by atoms with Gasteiger partial charge in [0.25, 0.3) is 0 Å². The van der Waals surface area contributed by atoms with Crippen molar-refractivity contribution >= 4 is 17.6 Å². The van der Waals surface area contributed by atoms with E-state index in [0.717, 1.165) is 43.2 Å². The molecular formula is C23H29N3O4. The van der Waals surface area contributed by atoms with Crippen molar-refractivity contribution in [3.8, 4) is 5.75 Å². The molecule has 160 valence electrons. The first-order chi connectivity index (χ1) is 14.6. The molecule has 0 radical (unpaired) electrons. The van der Waals surface area contributed by atoms with Gasteiger partial charge in [0.1, 0.15) is 11.8 Å². The second kappa shape index (κ2) is 10.6. The number of benzene rings is 2. The molecule has 3 rings (SSSR count). The third-order valence-electron chi connectivity index (χ3n) is 5.26. The molecular weight excluding hydrogens is 382 g/mol. The third-order valence-corrected chi connectivity index (χ3v) is 5.26. The van der Waals surface area contributed by atoms with Crippen molar-refractivity contribution in [2.45, 2.75) is 12.5 Å². The Labute approximate surface area is 177 Å². The summed E-state index contributed by atoms with van der Waals surface area (Å²) in [4.78, 5) is 29.1. The van der Waals surface area contributed by atoms with Gasteiger partial charge in [0, 0.05) is 44.4 Å². The van der Waals surface area contributed by atoms with Crippen LogP contribution in [0, 0.1) is 0 Å². The van der Waals surface area contributed by atoms with Gasteiger partial charge in [-0.3, -0.25) is 9.69 Å². The van der Waals surface area contributed by atoms with E-state index in [9.17, 15) is 9.59 Å². The van der Waals surface area contributed by atoms with E-state index in [4.69, 9.17) is 9.47 Å². The second-order valence-corrected chi connectivity index (χ2v) is 7.30. The lowest BCUT2D eigenvalue weighted by Gasteiger charge is -2.36.